The summed E-state index contributed by atoms with van der Waals surface area (Å²) >= 11 is 0. The molecule has 1 saturated heterocycles. The molecule has 0 aromatic carbocycles. The van der Waals surface area contributed by atoms with Crippen LogP contribution in [0.3, 0.4) is 0 Å². The largest absolute Gasteiger partial charge is 0.480 e. The summed E-state index contributed by atoms with van der Waals surface area (Å²) in [6, 6.07) is -0.875. The zero-order chi connectivity index (χ0) is 15.8. The molecular weight excluding hydrogens is 274 g/mol. The van der Waals surface area contributed by atoms with Crippen molar-refractivity contribution in [2.75, 3.05) is 13.2 Å². The van der Waals surface area contributed by atoms with Crippen molar-refractivity contribution in [1.82, 2.24) is 5.32 Å². The van der Waals surface area contributed by atoms with Crippen molar-refractivity contribution in [3.05, 3.63) is 0 Å². The van der Waals surface area contributed by atoms with E-state index in [1.165, 1.54) is 0 Å². The van der Waals surface area contributed by atoms with Gasteiger partial charge in [0.2, 0.25) is 5.91 Å². The number of hydrogen-bond donors (Lipinski definition) is 2. The number of hydrogen-bond acceptors (Lipinski definition) is 4. The van der Waals surface area contributed by atoms with Gasteiger partial charge in [-0.1, -0.05) is 20.3 Å². The van der Waals surface area contributed by atoms with Gasteiger partial charge >= 0.3 is 5.97 Å². The van der Waals surface area contributed by atoms with E-state index in [9.17, 15) is 9.59 Å². The molecule has 21 heavy (non-hydrogen) atoms. The van der Waals surface area contributed by atoms with Crippen molar-refractivity contribution in [1.29, 1.82) is 0 Å². The fourth-order valence-electron chi connectivity index (χ4n) is 2.22. The lowest BCUT2D eigenvalue weighted by Gasteiger charge is -2.25. The number of carbonyl (C=O) groups excluding carboxylic acids is 1. The van der Waals surface area contributed by atoms with E-state index in [0.717, 1.165) is 25.9 Å². The molecule has 1 amide bonds. The van der Waals surface area contributed by atoms with Gasteiger partial charge in [0.05, 0.1) is 12.7 Å². The van der Waals surface area contributed by atoms with Gasteiger partial charge in [-0.15, -0.1) is 0 Å². The molecule has 0 aromatic rings. The van der Waals surface area contributed by atoms with E-state index in [-0.39, 0.29) is 12.0 Å². The second-order valence-corrected chi connectivity index (χ2v) is 5.67. The van der Waals surface area contributed by atoms with Gasteiger partial charge in [0, 0.05) is 6.61 Å². The molecule has 1 rings (SSSR count). The number of carbonyl (C=O) groups is 2. The summed E-state index contributed by atoms with van der Waals surface area (Å²) < 4.78 is 11.0. The Morgan fingerprint density at radius 3 is 2.62 bits per heavy atom. The highest BCUT2D eigenvalue weighted by Crippen LogP contribution is 2.14. The molecule has 0 bridgehead atoms. The van der Waals surface area contributed by atoms with Gasteiger partial charge < -0.3 is 19.9 Å². The molecule has 0 aromatic heterocycles. The second kappa shape index (κ2) is 9.00. The maximum atomic E-state index is 12.0. The van der Waals surface area contributed by atoms with Crippen LogP contribution in [0.25, 0.3) is 0 Å². The van der Waals surface area contributed by atoms with Crippen LogP contribution < -0.4 is 5.32 Å². The van der Waals surface area contributed by atoms with Gasteiger partial charge in [-0.3, -0.25) is 4.79 Å². The number of carboxylic acids is 1. The summed E-state index contributed by atoms with van der Waals surface area (Å²) in [7, 11) is 0. The molecular formula is C15H27NO5. The van der Waals surface area contributed by atoms with Crippen molar-refractivity contribution < 1.29 is 24.2 Å². The molecule has 0 aliphatic carbocycles. The fourth-order valence-corrected chi connectivity index (χ4v) is 2.22. The van der Waals surface area contributed by atoms with Gasteiger partial charge in [0.15, 0.2) is 0 Å². The maximum Gasteiger partial charge on any atom is 0.326 e. The summed E-state index contributed by atoms with van der Waals surface area (Å²) in [5.41, 5.74) is 0. The number of rotatable bonds is 8. The van der Waals surface area contributed by atoms with E-state index >= 15 is 0 Å². The third-order valence-corrected chi connectivity index (χ3v) is 3.95. The number of carboxylic acid groups (broad SMARTS) is 1. The van der Waals surface area contributed by atoms with E-state index in [2.05, 4.69) is 5.32 Å². The molecule has 4 unspecified atom stereocenters. The Bertz CT molecular complexity index is 341. The monoisotopic (exact) mass is 301 g/mol. The fraction of sp³-hybridized carbons (Fsp3) is 0.867. The van der Waals surface area contributed by atoms with Crippen molar-refractivity contribution in [2.45, 2.75) is 64.7 Å². The molecule has 4 atom stereocenters. The van der Waals surface area contributed by atoms with Gasteiger partial charge in [-0.05, 0) is 32.1 Å². The van der Waals surface area contributed by atoms with Gasteiger partial charge in [-0.25, -0.2) is 4.79 Å². The summed E-state index contributed by atoms with van der Waals surface area (Å²) in [6.07, 6.45) is 3.17. The normalized spacial score (nSPS) is 23.1. The molecule has 6 heteroatoms. The lowest BCUT2D eigenvalue weighted by atomic mass is 9.99. The van der Waals surface area contributed by atoms with Gasteiger partial charge in [-0.2, -0.15) is 0 Å². The topological polar surface area (TPSA) is 84.9 Å². The quantitative estimate of drug-likeness (QED) is 0.711. The number of aliphatic carboxylic acids is 1. The minimum Gasteiger partial charge on any atom is -0.480 e. The number of ether oxygens (including phenoxy) is 2. The molecule has 1 heterocycles. The van der Waals surface area contributed by atoms with E-state index in [1.807, 2.05) is 6.92 Å². The first kappa shape index (κ1) is 17.9. The lowest BCUT2D eigenvalue weighted by molar-refractivity contribution is -0.146. The van der Waals surface area contributed by atoms with E-state index in [1.54, 1.807) is 13.8 Å². The van der Waals surface area contributed by atoms with Crippen molar-refractivity contribution in [3.63, 3.8) is 0 Å². The standard InChI is InChI=1S/C15H27NO5/c1-4-10(2)13(15(18)19)16-14(17)11(3)21-9-12-7-5-6-8-20-12/h10-13H,4-9H2,1-3H3,(H,16,17)(H,18,19). The first-order valence-corrected chi connectivity index (χ1v) is 7.72. The van der Waals surface area contributed by atoms with Crippen LogP contribution in [0, 0.1) is 5.92 Å². The third-order valence-electron chi connectivity index (χ3n) is 3.95. The van der Waals surface area contributed by atoms with Crippen LogP contribution in [0.5, 0.6) is 0 Å². The third kappa shape index (κ3) is 6.01. The summed E-state index contributed by atoms with van der Waals surface area (Å²) in [6.45, 7) is 6.45. The summed E-state index contributed by atoms with van der Waals surface area (Å²) in [5.74, 6) is -1.53. The van der Waals surface area contributed by atoms with E-state index in [4.69, 9.17) is 14.6 Å². The highest BCUT2D eigenvalue weighted by molar-refractivity contribution is 5.86. The zero-order valence-electron chi connectivity index (χ0n) is 13.1. The molecule has 0 saturated carbocycles. The first-order chi connectivity index (χ1) is 9.95. The predicted molar refractivity (Wildman–Crippen MR) is 78.0 cm³/mol. The summed E-state index contributed by atoms with van der Waals surface area (Å²) in [5, 5.41) is 11.7. The Kier molecular flexibility index (Phi) is 7.67. The Hall–Kier alpha value is -1.14. The summed E-state index contributed by atoms with van der Waals surface area (Å²) in [4.78, 5) is 23.2. The highest BCUT2D eigenvalue weighted by Gasteiger charge is 2.28. The highest BCUT2D eigenvalue weighted by atomic mass is 16.5. The molecule has 1 aliphatic rings. The SMILES string of the molecule is CCC(C)C(NC(=O)C(C)OCC1CCCCO1)C(=O)O. The van der Waals surface area contributed by atoms with Crippen molar-refractivity contribution in [2.24, 2.45) is 5.92 Å². The van der Waals surface area contributed by atoms with Crippen molar-refractivity contribution in [3.8, 4) is 0 Å². The Balaban J connectivity index is 2.39. The first-order valence-electron chi connectivity index (χ1n) is 7.72. The average Bonchev–Trinajstić information content (AvgIpc) is 2.49. The molecule has 2 N–H and O–H groups in total. The number of amides is 1. The van der Waals surface area contributed by atoms with Crippen LogP contribution in [0.4, 0.5) is 0 Å². The Labute approximate surface area is 126 Å². The lowest BCUT2D eigenvalue weighted by Crippen LogP contribution is -2.49. The van der Waals surface area contributed by atoms with E-state index in [0.29, 0.717) is 13.0 Å². The molecule has 122 valence electrons. The van der Waals surface area contributed by atoms with Crippen LogP contribution in [0.2, 0.25) is 0 Å². The van der Waals surface area contributed by atoms with Crippen LogP contribution in [-0.2, 0) is 19.1 Å². The predicted octanol–water partition coefficient (Wildman–Crippen LogP) is 1.58. The van der Waals surface area contributed by atoms with Gasteiger partial charge in [0.25, 0.3) is 0 Å². The van der Waals surface area contributed by atoms with E-state index < -0.39 is 24.0 Å². The average molecular weight is 301 g/mol. The molecule has 0 spiro atoms. The number of nitrogens with one attached hydrogen (secondary N) is 1. The molecule has 0 radical (unpaired) electrons. The van der Waals surface area contributed by atoms with Gasteiger partial charge in [0.1, 0.15) is 12.1 Å². The Morgan fingerprint density at radius 2 is 2.10 bits per heavy atom. The second-order valence-electron chi connectivity index (χ2n) is 5.67. The smallest absolute Gasteiger partial charge is 0.326 e. The Morgan fingerprint density at radius 1 is 1.38 bits per heavy atom. The van der Waals surface area contributed by atoms with Crippen LogP contribution >= 0.6 is 0 Å². The van der Waals surface area contributed by atoms with Crippen LogP contribution in [0.15, 0.2) is 0 Å². The zero-order valence-corrected chi connectivity index (χ0v) is 13.1. The van der Waals surface area contributed by atoms with Crippen molar-refractivity contribution >= 4 is 11.9 Å². The molecule has 6 nitrogen and oxygen atoms in total. The minimum absolute atomic E-state index is 0.0406. The van der Waals surface area contributed by atoms with Crippen LogP contribution in [-0.4, -0.2) is 48.4 Å². The maximum absolute atomic E-state index is 12.0. The van der Waals surface area contributed by atoms with Crippen LogP contribution in [0.1, 0.15) is 46.5 Å². The molecule has 1 aliphatic heterocycles. The minimum atomic E-state index is -1.01. The molecule has 1 fully saturated rings.